The number of ether oxygens (including phenoxy) is 2. The Hall–Kier alpha value is -1.39. The molecule has 0 saturated heterocycles. The fraction of sp³-hybridized carbons (Fsp3) is 0.833. The Balaban J connectivity index is 3.44. The maximum absolute atomic E-state index is 12.2. The summed E-state index contributed by atoms with van der Waals surface area (Å²) in [4.78, 5) is 12.2. The number of unbranched alkanes of at least 4 members (excludes halogenated alkanes) is 23. The lowest BCUT2D eigenvalue weighted by atomic mass is 10.1. The average Bonchev–Trinajstić information content (AvgIpc) is 3.06. The molecule has 0 saturated carbocycles. The molecule has 0 aromatic carbocycles. The summed E-state index contributed by atoms with van der Waals surface area (Å²) in [5.41, 5.74) is 0. The molecule has 0 spiro atoms. The van der Waals surface area contributed by atoms with Crippen molar-refractivity contribution in [1.29, 1.82) is 0 Å². The summed E-state index contributed by atoms with van der Waals surface area (Å²) >= 11 is 0. The van der Waals surface area contributed by atoms with Crippen LogP contribution in [0.15, 0.2) is 36.5 Å². The van der Waals surface area contributed by atoms with Gasteiger partial charge in [0.1, 0.15) is 6.10 Å². The highest BCUT2D eigenvalue weighted by atomic mass is 16.6. The maximum Gasteiger partial charge on any atom is 0.306 e. The molecule has 0 bridgehead atoms. The molecule has 0 aliphatic heterocycles. The number of aliphatic hydroxyl groups excluding tert-OH is 1. The van der Waals surface area contributed by atoms with E-state index in [1.807, 2.05) is 0 Å². The van der Waals surface area contributed by atoms with Crippen molar-refractivity contribution in [2.24, 2.45) is 0 Å². The minimum absolute atomic E-state index is 0.176. The molecule has 0 aliphatic carbocycles. The van der Waals surface area contributed by atoms with Crippen molar-refractivity contribution in [1.82, 2.24) is 0 Å². The zero-order valence-corrected chi connectivity index (χ0v) is 30.8. The molecule has 4 heteroatoms. The SMILES string of the molecule is CCCC/C=C\C/C=C\CCCCCCCCOCC(CO)OC(=O)CCCCCCCCCCC/C=C\CCCCCCCC. The monoisotopic (exact) mass is 647 g/mol. The number of hydrogen-bond donors (Lipinski definition) is 1. The van der Waals surface area contributed by atoms with Crippen LogP contribution in [0.1, 0.15) is 200 Å². The van der Waals surface area contributed by atoms with Gasteiger partial charge < -0.3 is 14.6 Å². The summed E-state index contributed by atoms with van der Waals surface area (Å²) in [6, 6.07) is 0. The van der Waals surface area contributed by atoms with Crippen molar-refractivity contribution >= 4 is 5.97 Å². The molecule has 0 heterocycles. The first-order valence-corrected chi connectivity index (χ1v) is 20.1. The molecular weight excluding hydrogens is 568 g/mol. The van der Waals surface area contributed by atoms with Crippen molar-refractivity contribution in [3.8, 4) is 0 Å². The molecule has 1 atom stereocenters. The van der Waals surface area contributed by atoms with Gasteiger partial charge >= 0.3 is 5.97 Å². The van der Waals surface area contributed by atoms with Gasteiger partial charge in [-0.15, -0.1) is 0 Å². The Morgan fingerprint density at radius 3 is 1.43 bits per heavy atom. The minimum atomic E-state index is -0.539. The van der Waals surface area contributed by atoms with Crippen LogP contribution in [0.3, 0.4) is 0 Å². The van der Waals surface area contributed by atoms with E-state index in [4.69, 9.17) is 9.47 Å². The van der Waals surface area contributed by atoms with Crippen LogP contribution in [0.5, 0.6) is 0 Å². The Bertz CT molecular complexity index is 683. The van der Waals surface area contributed by atoms with Gasteiger partial charge in [-0.3, -0.25) is 4.79 Å². The highest BCUT2D eigenvalue weighted by Crippen LogP contribution is 2.13. The van der Waals surface area contributed by atoms with Crippen LogP contribution in [0.2, 0.25) is 0 Å². The van der Waals surface area contributed by atoms with Gasteiger partial charge in [0.15, 0.2) is 0 Å². The van der Waals surface area contributed by atoms with Crippen LogP contribution in [0.4, 0.5) is 0 Å². The number of carbonyl (C=O) groups excluding carboxylic acids is 1. The van der Waals surface area contributed by atoms with Crippen LogP contribution < -0.4 is 0 Å². The molecule has 1 N–H and O–H groups in total. The van der Waals surface area contributed by atoms with Gasteiger partial charge in [0.25, 0.3) is 0 Å². The Labute approximate surface area is 287 Å². The molecule has 0 radical (unpaired) electrons. The molecule has 0 amide bonds. The molecule has 270 valence electrons. The second-order valence-corrected chi connectivity index (χ2v) is 13.3. The van der Waals surface area contributed by atoms with Gasteiger partial charge in [-0.25, -0.2) is 0 Å². The predicted molar refractivity (Wildman–Crippen MR) is 200 cm³/mol. The van der Waals surface area contributed by atoms with Gasteiger partial charge in [0, 0.05) is 13.0 Å². The Morgan fingerprint density at radius 1 is 0.522 bits per heavy atom. The van der Waals surface area contributed by atoms with E-state index in [1.54, 1.807) is 0 Å². The Morgan fingerprint density at radius 2 is 0.935 bits per heavy atom. The van der Waals surface area contributed by atoms with Crippen LogP contribution in [-0.4, -0.2) is 37.0 Å². The van der Waals surface area contributed by atoms with Crippen molar-refractivity contribution in [3.05, 3.63) is 36.5 Å². The van der Waals surface area contributed by atoms with Crippen molar-refractivity contribution < 1.29 is 19.4 Å². The molecule has 0 aliphatic rings. The highest BCUT2D eigenvalue weighted by Gasteiger charge is 2.13. The van der Waals surface area contributed by atoms with E-state index >= 15 is 0 Å². The molecular formula is C42H78O4. The molecule has 0 fully saturated rings. The van der Waals surface area contributed by atoms with E-state index in [1.165, 1.54) is 154 Å². The van der Waals surface area contributed by atoms with E-state index in [0.717, 1.165) is 25.7 Å². The maximum atomic E-state index is 12.2. The first-order chi connectivity index (χ1) is 22.7. The minimum Gasteiger partial charge on any atom is -0.457 e. The van der Waals surface area contributed by atoms with E-state index in [9.17, 15) is 9.90 Å². The van der Waals surface area contributed by atoms with Gasteiger partial charge in [-0.2, -0.15) is 0 Å². The third-order valence-electron chi connectivity index (χ3n) is 8.69. The molecule has 4 nitrogen and oxygen atoms in total. The van der Waals surface area contributed by atoms with Gasteiger partial charge in [-0.05, 0) is 64.2 Å². The number of rotatable bonds is 37. The summed E-state index contributed by atoms with van der Waals surface area (Å²) in [7, 11) is 0. The molecule has 0 rings (SSSR count). The second-order valence-electron chi connectivity index (χ2n) is 13.3. The predicted octanol–water partition coefficient (Wildman–Crippen LogP) is 12.9. The largest absolute Gasteiger partial charge is 0.457 e. The smallest absolute Gasteiger partial charge is 0.306 e. The average molecular weight is 647 g/mol. The van der Waals surface area contributed by atoms with Gasteiger partial charge in [0.2, 0.25) is 0 Å². The van der Waals surface area contributed by atoms with E-state index in [2.05, 4.69) is 50.3 Å². The normalized spacial score (nSPS) is 12.7. The summed E-state index contributed by atoms with van der Waals surface area (Å²) in [6.07, 6.45) is 49.0. The second kappa shape index (κ2) is 39.8. The quantitative estimate of drug-likeness (QED) is 0.0414. The van der Waals surface area contributed by atoms with Crippen LogP contribution in [0, 0.1) is 0 Å². The summed E-state index contributed by atoms with van der Waals surface area (Å²) in [5.74, 6) is -0.207. The Kier molecular flexibility index (Phi) is 38.6. The summed E-state index contributed by atoms with van der Waals surface area (Å²) < 4.78 is 11.1. The van der Waals surface area contributed by atoms with E-state index in [0.29, 0.717) is 13.0 Å². The van der Waals surface area contributed by atoms with Crippen molar-refractivity contribution in [3.63, 3.8) is 0 Å². The van der Waals surface area contributed by atoms with Crippen LogP contribution in [0.25, 0.3) is 0 Å². The molecule has 1 unspecified atom stereocenters. The summed E-state index contributed by atoms with van der Waals surface area (Å²) in [6.45, 7) is 5.29. The number of hydrogen-bond acceptors (Lipinski definition) is 4. The van der Waals surface area contributed by atoms with Gasteiger partial charge in [-0.1, -0.05) is 166 Å². The summed E-state index contributed by atoms with van der Waals surface area (Å²) in [5, 5.41) is 9.58. The standard InChI is InChI=1S/C42H78O4/c1-3-5-7-9-11-13-15-17-19-20-21-22-23-25-27-29-31-33-35-37-42(44)46-41(39-43)40-45-38-36-34-32-30-28-26-24-18-16-14-12-10-8-6-4-2/h10,12,16-19,41,43H,3-9,11,13-15,20-40H2,1-2H3/b12-10-,18-16-,19-17-. The van der Waals surface area contributed by atoms with Crippen LogP contribution in [-0.2, 0) is 14.3 Å². The van der Waals surface area contributed by atoms with Crippen molar-refractivity contribution in [2.45, 2.75) is 206 Å². The lowest BCUT2D eigenvalue weighted by Gasteiger charge is -2.15. The molecule has 0 aromatic rings. The third kappa shape index (κ3) is 37.1. The number of allylic oxidation sites excluding steroid dienone is 6. The number of carbonyl (C=O) groups is 1. The first-order valence-electron chi connectivity index (χ1n) is 20.1. The zero-order valence-electron chi connectivity index (χ0n) is 30.8. The fourth-order valence-corrected chi connectivity index (χ4v) is 5.63. The van der Waals surface area contributed by atoms with Crippen molar-refractivity contribution in [2.75, 3.05) is 19.8 Å². The first kappa shape index (κ1) is 44.6. The van der Waals surface area contributed by atoms with E-state index < -0.39 is 6.10 Å². The van der Waals surface area contributed by atoms with Gasteiger partial charge in [0.05, 0.1) is 13.2 Å². The lowest BCUT2D eigenvalue weighted by molar-refractivity contribution is -0.154. The fourth-order valence-electron chi connectivity index (χ4n) is 5.63. The third-order valence-corrected chi connectivity index (χ3v) is 8.69. The molecule has 46 heavy (non-hydrogen) atoms. The number of aliphatic hydroxyl groups is 1. The lowest BCUT2D eigenvalue weighted by Crippen LogP contribution is -2.27. The van der Waals surface area contributed by atoms with E-state index in [-0.39, 0.29) is 19.2 Å². The topological polar surface area (TPSA) is 55.8 Å². The zero-order chi connectivity index (χ0) is 33.4. The number of esters is 1. The van der Waals surface area contributed by atoms with Crippen LogP contribution >= 0.6 is 0 Å². The highest BCUT2D eigenvalue weighted by molar-refractivity contribution is 5.69. The molecule has 0 aromatic heterocycles.